The number of H-pyrrole nitrogens is 1. The SMILES string of the molecule is c1cncc(-c2nc3ccccc3c3nc[nH]c23)c1. The van der Waals surface area contributed by atoms with Crippen molar-refractivity contribution in [3.63, 3.8) is 0 Å². The molecular weight excluding hydrogens is 236 g/mol. The van der Waals surface area contributed by atoms with Crippen LogP contribution in [0, 0.1) is 0 Å². The molecule has 0 amide bonds. The summed E-state index contributed by atoms with van der Waals surface area (Å²) >= 11 is 0. The second kappa shape index (κ2) is 3.88. The number of hydrogen-bond acceptors (Lipinski definition) is 3. The van der Waals surface area contributed by atoms with Gasteiger partial charge in [0.2, 0.25) is 0 Å². The second-order valence-corrected chi connectivity index (χ2v) is 4.35. The molecule has 0 fully saturated rings. The molecule has 0 aliphatic rings. The van der Waals surface area contributed by atoms with Crippen LogP contribution in [0.5, 0.6) is 0 Å². The van der Waals surface area contributed by atoms with Gasteiger partial charge in [0.05, 0.1) is 28.6 Å². The molecule has 4 aromatic rings. The standard InChI is InChI=1S/C15H10N4/c1-2-6-12-11(5-1)14-15(18-9-17-14)13(19-12)10-4-3-7-16-8-10/h1-9H,(H,17,18). The molecule has 0 aliphatic carbocycles. The maximum atomic E-state index is 4.73. The van der Waals surface area contributed by atoms with Crippen molar-refractivity contribution in [2.24, 2.45) is 0 Å². The first-order valence-corrected chi connectivity index (χ1v) is 6.06. The third-order valence-corrected chi connectivity index (χ3v) is 3.20. The molecule has 90 valence electrons. The lowest BCUT2D eigenvalue weighted by atomic mass is 10.1. The van der Waals surface area contributed by atoms with Gasteiger partial charge >= 0.3 is 0 Å². The molecule has 3 heterocycles. The van der Waals surface area contributed by atoms with Crippen LogP contribution in [0.25, 0.3) is 33.2 Å². The molecule has 1 N–H and O–H groups in total. The smallest absolute Gasteiger partial charge is 0.0999 e. The van der Waals surface area contributed by atoms with Crippen molar-refractivity contribution in [1.82, 2.24) is 19.9 Å². The highest BCUT2D eigenvalue weighted by molar-refractivity contribution is 6.07. The molecule has 0 radical (unpaired) electrons. The normalized spacial score (nSPS) is 11.2. The third-order valence-electron chi connectivity index (χ3n) is 3.20. The molecule has 0 aliphatic heterocycles. The maximum Gasteiger partial charge on any atom is 0.0999 e. The van der Waals surface area contributed by atoms with Crippen molar-refractivity contribution in [3.05, 3.63) is 55.1 Å². The Morgan fingerprint density at radius 3 is 2.84 bits per heavy atom. The Bertz CT molecular complexity index is 865. The molecule has 1 aromatic carbocycles. The van der Waals surface area contributed by atoms with Gasteiger partial charge in [-0.2, -0.15) is 0 Å². The van der Waals surface area contributed by atoms with Crippen LogP contribution >= 0.6 is 0 Å². The Labute approximate surface area is 109 Å². The molecule has 0 unspecified atom stereocenters. The van der Waals surface area contributed by atoms with Crippen molar-refractivity contribution < 1.29 is 0 Å². The lowest BCUT2D eigenvalue weighted by Crippen LogP contribution is -1.89. The minimum absolute atomic E-state index is 0.888. The van der Waals surface area contributed by atoms with Crippen LogP contribution in [0.1, 0.15) is 0 Å². The number of rotatable bonds is 1. The van der Waals surface area contributed by atoms with Crippen LogP contribution in [0.2, 0.25) is 0 Å². The monoisotopic (exact) mass is 246 g/mol. The van der Waals surface area contributed by atoms with Crippen LogP contribution < -0.4 is 0 Å². The lowest BCUT2D eigenvalue weighted by molar-refractivity contribution is 1.30. The molecule has 0 saturated heterocycles. The van der Waals surface area contributed by atoms with Crippen molar-refractivity contribution in [3.8, 4) is 11.3 Å². The minimum Gasteiger partial charge on any atom is -0.343 e. The average molecular weight is 246 g/mol. The maximum absolute atomic E-state index is 4.73. The van der Waals surface area contributed by atoms with Crippen LogP contribution in [-0.4, -0.2) is 19.9 Å². The Balaban J connectivity index is 2.17. The number of pyridine rings is 2. The largest absolute Gasteiger partial charge is 0.343 e. The van der Waals surface area contributed by atoms with E-state index < -0.39 is 0 Å². The summed E-state index contributed by atoms with van der Waals surface area (Å²) in [5.74, 6) is 0. The van der Waals surface area contributed by atoms with Crippen molar-refractivity contribution in [2.45, 2.75) is 0 Å². The Hall–Kier alpha value is -2.75. The summed E-state index contributed by atoms with van der Waals surface area (Å²) in [6.07, 6.45) is 5.28. The zero-order chi connectivity index (χ0) is 12.7. The first kappa shape index (κ1) is 10.2. The summed E-state index contributed by atoms with van der Waals surface area (Å²) in [6.45, 7) is 0. The van der Waals surface area contributed by atoms with Gasteiger partial charge in [0, 0.05) is 23.3 Å². The highest BCUT2D eigenvalue weighted by Crippen LogP contribution is 2.29. The molecule has 4 rings (SSSR count). The van der Waals surface area contributed by atoms with E-state index in [4.69, 9.17) is 4.98 Å². The first-order valence-electron chi connectivity index (χ1n) is 6.06. The van der Waals surface area contributed by atoms with Crippen LogP contribution in [0.3, 0.4) is 0 Å². The molecule has 4 nitrogen and oxygen atoms in total. The van der Waals surface area contributed by atoms with E-state index in [1.807, 2.05) is 42.6 Å². The van der Waals surface area contributed by atoms with Gasteiger partial charge in [-0.3, -0.25) is 4.98 Å². The number of aromatic nitrogens is 4. The summed E-state index contributed by atoms with van der Waals surface area (Å²) < 4.78 is 0. The first-order chi connectivity index (χ1) is 9.43. The summed E-state index contributed by atoms with van der Waals surface area (Å²) in [5.41, 5.74) is 4.72. The molecule has 0 atom stereocenters. The number of nitrogens with one attached hydrogen (secondary N) is 1. The second-order valence-electron chi connectivity index (χ2n) is 4.35. The predicted octanol–water partition coefficient (Wildman–Crippen LogP) is 3.17. The van der Waals surface area contributed by atoms with Crippen molar-refractivity contribution >= 4 is 21.9 Å². The quantitative estimate of drug-likeness (QED) is 0.561. The van der Waals surface area contributed by atoms with Crippen LogP contribution in [-0.2, 0) is 0 Å². The number of hydrogen-bond donors (Lipinski definition) is 1. The Morgan fingerprint density at radius 1 is 1.00 bits per heavy atom. The summed E-state index contributed by atoms with van der Waals surface area (Å²) in [7, 11) is 0. The Kier molecular flexibility index (Phi) is 2.08. The van der Waals surface area contributed by atoms with Gasteiger partial charge in [-0.15, -0.1) is 0 Å². The van der Waals surface area contributed by atoms with E-state index in [2.05, 4.69) is 15.0 Å². The zero-order valence-electron chi connectivity index (χ0n) is 10.0. The fraction of sp³-hybridized carbons (Fsp3) is 0. The van der Waals surface area contributed by atoms with Crippen molar-refractivity contribution in [2.75, 3.05) is 0 Å². The molecular formula is C15H10N4. The van der Waals surface area contributed by atoms with Gasteiger partial charge in [-0.25, -0.2) is 9.97 Å². The van der Waals surface area contributed by atoms with E-state index in [0.29, 0.717) is 0 Å². The minimum atomic E-state index is 0.888. The lowest BCUT2D eigenvalue weighted by Gasteiger charge is -2.05. The topological polar surface area (TPSA) is 54.5 Å². The van der Waals surface area contributed by atoms with Gasteiger partial charge in [0.1, 0.15) is 0 Å². The average Bonchev–Trinajstić information content (AvgIpc) is 2.97. The van der Waals surface area contributed by atoms with E-state index in [9.17, 15) is 0 Å². The molecule has 4 heteroatoms. The van der Waals surface area contributed by atoms with Gasteiger partial charge in [0.15, 0.2) is 0 Å². The third kappa shape index (κ3) is 1.50. The molecule has 0 saturated carbocycles. The molecule has 0 spiro atoms. The van der Waals surface area contributed by atoms with E-state index in [-0.39, 0.29) is 0 Å². The molecule has 0 bridgehead atoms. The van der Waals surface area contributed by atoms with E-state index in [0.717, 1.165) is 33.2 Å². The van der Waals surface area contributed by atoms with Gasteiger partial charge < -0.3 is 4.98 Å². The zero-order valence-corrected chi connectivity index (χ0v) is 10.0. The number of imidazole rings is 1. The summed E-state index contributed by atoms with van der Waals surface area (Å²) in [5, 5.41) is 1.06. The van der Waals surface area contributed by atoms with Gasteiger partial charge in [-0.05, 0) is 18.2 Å². The highest BCUT2D eigenvalue weighted by Gasteiger charge is 2.11. The Morgan fingerprint density at radius 2 is 1.95 bits per heavy atom. The van der Waals surface area contributed by atoms with E-state index in [1.54, 1.807) is 12.5 Å². The van der Waals surface area contributed by atoms with Gasteiger partial charge in [-0.1, -0.05) is 18.2 Å². The number of aromatic amines is 1. The number of nitrogens with zero attached hydrogens (tertiary/aromatic N) is 3. The molecule has 19 heavy (non-hydrogen) atoms. The predicted molar refractivity (Wildman–Crippen MR) is 74.6 cm³/mol. The van der Waals surface area contributed by atoms with Crippen LogP contribution in [0.15, 0.2) is 55.1 Å². The fourth-order valence-electron chi connectivity index (χ4n) is 2.34. The van der Waals surface area contributed by atoms with Crippen molar-refractivity contribution in [1.29, 1.82) is 0 Å². The number of benzene rings is 1. The highest BCUT2D eigenvalue weighted by atomic mass is 14.9. The van der Waals surface area contributed by atoms with E-state index in [1.165, 1.54) is 0 Å². The number of para-hydroxylation sites is 1. The van der Waals surface area contributed by atoms with E-state index >= 15 is 0 Å². The van der Waals surface area contributed by atoms with Gasteiger partial charge in [0.25, 0.3) is 0 Å². The summed E-state index contributed by atoms with van der Waals surface area (Å²) in [6, 6.07) is 11.9. The van der Waals surface area contributed by atoms with Crippen LogP contribution in [0.4, 0.5) is 0 Å². The summed E-state index contributed by atoms with van der Waals surface area (Å²) in [4.78, 5) is 16.5. The number of fused-ring (bicyclic) bond motifs is 3. The molecule has 3 aromatic heterocycles. The fourth-order valence-corrected chi connectivity index (χ4v) is 2.34.